The highest BCUT2D eigenvalue weighted by Gasteiger charge is 2.20. The summed E-state index contributed by atoms with van der Waals surface area (Å²) in [7, 11) is 1.68. The second kappa shape index (κ2) is 7.84. The van der Waals surface area contributed by atoms with Gasteiger partial charge in [0.25, 0.3) is 5.91 Å². The largest absolute Gasteiger partial charge is 0.497 e. The summed E-state index contributed by atoms with van der Waals surface area (Å²) < 4.78 is 5.20. The highest BCUT2D eigenvalue weighted by atomic mass is 16.5. The van der Waals surface area contributed by atoms with Crippen LogP contribution in [0.4, 0.5) is 5.69 Å². The van der Waals surface area contributed by atoms with Gasteiger partial charge in [0.2, 0.25) is 0 Å². The normalized spacial score (nSPS) is 15.1. The molecule has 0 atom stereocenters. The van der Waals surface area contributed by atoms with Crippen molar-refractivity contribution < 1.29 is 14.4 Å². The van der Waals surface area contributed by atoms with E-state index < -0.39 is 0 Å². The third-order valence-electron chi connectivity index (χ3n) is 4.44. The van der Waals surface area contributed by atoms with Gasteiger partial charge in [-0.25, -0.2) is 0 Å². The summed E-state index contributed by atoms with van der Waals surface area (Å²) in [5.74, 6) is 0.882. The van der Waals surface area contributed by atoms with Gasteiger partial charge in [-0.15, -0.1) is 0 Å². The minimum Gasteiger partial charge on any atom is -0.497 e. The van der Waals surface area contributed by atoms with Crippen LogP contribution in [-0.4, -0.2) is 45.9 Å². The summed E-state index contributed by atoms with van der Waals surface area (Å²) >= 11 is 0. The predicted octanol–water partition coefficient (Wildman–Crippen LogP) is 0.788. The number of nitrogens with zero attached hydrogens (tertiary/aromatic N) is 1. The summed E-state index contributed by atoms with van der Waals surface area (Å²) in [6, 6.07) is 17.6. The van der Waals surface area contributed by atoms with E-state index in [0.717, 1.165) is 31.9 Å². The molecule has 5 nitrogen and oxygen atoms in total. The Morgan fingerprint density at radius 1 is 1.08 bits per heavy atom. The molecule has 0 aromatic heterocycles. The van der Waals surface area contributed by atoms with Gasteiger partial charge in [-0.05, 0) is 36.4 Å². The van der Waals surface area contributed by atoms with Crippen molar-refractivity contribution in [3.63, 3.8) is 0 Å². The van der Waals surface area contributed by atoms with Crippen molar-refractivity contribution in [2.45, 2.75) is 0 Å². The van der Waals surface area contributed by atoms with Crippen LogP contribution in [0.3, 0.4) is 0 Å². The van der Waals surface area contributed by atoms with E-state index in [1.54, 1.807) is 7.11 Å². The van der Waals surface area contributed by atoms with Gasteiger partial charge < -0.3 is 19.9 Å². The molecule has 0 spiro atoms. The number of rotatable bonds is 5. The standard InChI is InChI=1S/C19H23N3O2/c1-24-18-9-7-17(8-10-18)22-13-11-21(12-14-22)15-20-19(23)16-5-3-2-4-6-16/h2-10H,11-15H2,1H3,(H,20,23)/p+1. The molecule has 1 heterocycles. The first-order chi connectivity index (χ1) is 11.8. The van der Waals surface area contributed by atoms with Gasteiger partial charge in [-0.1, -0.05) is 18.2 Å². The molecule has 24 heavy (non-hydrogen) atoms. The van der Waals surface area contributed by atoms with Crippen LogP contribution in [0.1, 0.15) is 10.4 Å². The van der Waals surface area contributed by atoms with E-state index in [-0.39, 0.29) is 5.91 Å². The van der Waals surface area contributed by atoms with Crippen LogP contribution in [0.25, 0.3) is 0 Å². The van der Waals surface area contributed by atoms with Gasteiger partial charge in [0.15, 0.2) is 6.67 Å². The Balaban J connectivity index is 1.46. The Bertz CT molecular complexity index is 650. The molecule has 3 rings (SSSR count). The maximum atomic E-state index is 12.1. The number of nitrogens with one attached hydrogen (secondary N) is 2. The molecule has 1 aliphatic heterocycles. The number of piperazine rings is 1. The zero-order valence-corrected chi connectivity index (χ0v) is 14.0. The SMILES string of the molecule is COc1ccc(N2CC[NH+](CNC(=O)c3ccccc3)CC2)cc1. The summed E-state index contributed by atoms with van der Waals surface area (Å²) in [5, 5.41) is 3.03. The molecule has 0 unspecified atom stereocenters. The zero-order valence-electron chi connectivity index (χ0n) is 14.0. The van der Waals surface area contributed by atoms with Crippen LogP contribution < -0.4 is 19.9 Å². The predicted molar refractivity (Wildman–Crippen MR) is 94.7 cm³/mol. The number of quaternary nitrogens is 1. The van der Waals surface area contributed by atoms with Crippen LogP contribution in [0.15, 0.2) is 54.6 Å². The summed E-state index contributed by atoms with van der Waals surface area (Å²) in [4.78, 5) is 15.9. The number of anilines is 1. The van der Waals surface area contributed by atoms with Crippen molar-refractivity contribution in [2.24, 2.45) is 0 Å². The highest BCUT2D eigenvalue weighted by molar-refractivity contribution is 5.93. The fraction of sp³-hybridized carbons (Fsp3) is 0.316. The topological polar surface area (TPSA) is 46.0 Å². The molecule has 0 bridgehead atoms. The number of ether oxygens (including phenoxy) is 1. The number of hydrogen-bond donors (Lipinski definition) is 2. The molecule has 1 saturated heterocycles. The molecule has 0 saturated carbocycles. The van der Waals surface area contributed by atoms with Crippen LogP contribution in [0.2, 0.25) is 0 Å². The van der Waals surface area contributed by atoms with E-state index >= 15 is 0 Å². The molecule has 5 heteroatoms. The fourth-order valence-corrected chi connectivity index (χ4v) is 2.95. The first-order valence-electron chi connectivity index (χ1n) is 8.32. The van der Waals surface area contributed by atoms with E-state index in [1.807, 2.05) is 42.5 Å². The van der Waals surface area contributed by atoms with E-state index in [9.17, 15) is 4.79 Å². The van der Waals surface area contributed by atoms with Gasteiger partial charge in [-0.2, -0.15) is 0 Å². The molecule has 0 aliphatic carbocycles. The monoisotopic (exact) mass is 326 g/mol. The number of amides is 1. The first kappa shape index (κ1) is 16.3. The van der Waals surface area contributed by atoms with Crippen molar-refractivity contribution in [1.82, 2.24) is 5.32 Å². The number of methoxy groups -OCH3 is 1. The van der Waals surface area contributed by atoms with Crippen LogP contribution in [-0.2, 0) is 0 Å². The Morgan fingerprint density at radius 3 is 2.38 bits per heavy atom. The second-order valence-corrected chi connectivity index (χ2v) is 5.98. The summed E-state index contributed by atoms with van der Waals surface area (Å²) in [6.07, 6.45) is 0. The third-order valence-corrected chi connectivity index (χ3v) is 4.44. The van der Waals surface area contributed by atoms with Crippen molar-refractivity contribution in [3.05, 3.63) is 60.2 Å². The molecule has 2 N–H and O–H groups in total. The van der Waals surface area contributed by atoms with E-state index in [1.165, 1.54) is 10.6 Å². The maximum absolute atomic E-state index is 12.1. The molecular formula is C19H24N3O2+. The quantitative estimate of drug-likeness (QED) is 0.854. The Morgan fingerprint density at radius 2 is 1.75 bits per heavy atom. The van der Waals surface area contributed by atoms with Crippen LogP contribution in [0, 0.1) is 0 Å². The first-order valence-corrected chi connectivity index (χ1v) is 8.32. The minimum absolute atomic E-state index is 0.000633. The van der Waals surface area contributed by atoms with Crippen LogP contribution >= 0.6 is 0 Å². The number of hydrogen-bond acceptors (Lipinski definition) is 3. The zero-order chi connectivity index (χ0) is 16.8. The molecular weight excluding hydrogens is 302 g/mol. The average Bonchev–Trinajstić information content (AvgIpc) is 2.67. The third kappa shape index (κ3) is 4.06. The van der Waals surface area contributed by atoms with Gasteiger partial charge in [0.1, 0.15) is 5.75 Å². The summed E-state index contributed by atoms with van der Waals surface area (Å²) in [5.41, 5.74) is 1.94. The van der Waals surface area contributed by atoms with Crippen molar-refractivity contribution in [3.8, 4) is 5.75 Å². The molecule has 0 radical (unpaired) electrons. The Hall–Kier alpha value is -2.53. The number of carbonyl (C=O) groups is 1. The Kier molecular flexibility index (Phi) is 5.33. The highest BCUT2D eigenvalue weighted by Crippen LogP contribution is 2.18. The van der Waals surface area contributed by atoms with E-state index in [4.69, 9.17) is 4.74 Å². The van der Waals surface area contributed by atoms with E-state index in [0.29, 0.717) is 12.2 Å². The van der Waals surface area contributed by atoms with E-state index in [2.05, 4.69) is 22.3 Å². The lowest BCUT2D eigenvalue weighted by atomic mass is 10.2. The van der Waals surface area contributed by atoms with Crippen molar-refractivity contribution in [2.75, 3.05) is 44.9 Å². The maximum Gasteiger partial charge on any atom is 0.255 e. The molecule has 126 valence electrons. The van der Waals surface area contributed by atoms with Gasteiger partial charge in [0.05, 0.1) is 33.3 Å². The van der Waals surface area contributed by atoms with Crippen molar-refractivity contribution in [1.29, 1.82) is 0 Å². The minimum atomic E-state index is 0.000633. The molecule has 2 aromatic carbocycles. The Labute approximate surface area is 142 Å². The fourth-order valence-electron chi connectivity index (χ4n) is 2.95. The molecule has 2 aromatic rings. The molecule has 1 fully saturated rings. The lowest BCUT2D eigenvalue weighted by molar-refractivity contribution is -0.902. The lowest BCUT2D eigenvalue weighted by Gasteiger charge is -2.33. The lowest BCUT2D eigenvalue weighted by Crippen LogP contribution is -3.16. The van der Waals surface area contributed by atoms with Gasteiger partial charge >= 0.3 is 0 Å². The van der Waals surface area contributed by atoms with Gasteiger partial charge in [-0.3, -0.25) is 4.79 Å². The average molecular weight is 326 g/mol. The number of carbonyl (C=O) groups excluding carboxylic acids is 1. The molecule has 1 aliphatic rings. The summed E-state index contributed by atoms with van der Waals surface area (Å²) in [6.45, 7) is 4.68. The van der Waals surface area contributed by atoms with Crippen LogP contribution in [0.5, 0.6) is 5.75 Å². The van der Waals surface area contributed by atoms with Gasteiger partial charge in [0, 0.05) is 11.3 Å². The number of benzene rings is 2. The molecule has 1 amide bonds. The smallest absolute Gasteiger partial charge is 0.255 e. The second-order valence-electron chi connectivity index (χ2n) is 5.98. The van der Waals surface area contributed by atoms with Crippen molar-refractivity contribution >= 4 is 11.6 Å².